The Morgan fingerprint density at radius 2 is 0.984 bits per heavy atom. The van der Waals surface area contributed by atoms with Crippen LogP contribution in [-0.4, -0.2) is 91.4 Å². The summed E-state index contributed by atoms with van der Waals surface area (Å²) in [6.07, 6.45) is 3.02. The number of carbonyl (C=O) groups excluding carboxylic acids is 2. The quantitative estimate of drug-likeness (QED) is 0.0836. The molecule has 0 fully saturated rings. The standard InChI is InChI=1S/C48H50N8O6S2/c49-35(47(57)53-19-21-55-41(39(53)15-11-31-7-3-1-4-8-31)25-37(51-55)33-13-17-43-45(23-33)61-29-59-43)27-63-64-28-36(50)48(58)54-20-22-56-42(40(54)16-12-32-9-5-2-6-10-32)26-38(52-56)34-14-18-44-46(24-34)62-30-60-44/h1-10,13-14,17-18,23-26,35-36,39-40H,11-12,15-16,19-22,27-30,49-50H2/t35-,36?,39?,40?/m0/s1. The molecule has 4 aromatic carbocycles. The maximum atomic E-state index is 14.2. The fourth-order valence-electron chi connectivity index (χ4n) is 9.03. The van der Waals surface area contributed by atoms with E-state index >= 15 is 0 Å². The molecule has 4 N–H and O–H groups in total. The summed E-state index contributed by atoms with van der Waals surface area (Å²) in [4.78, 5) is 32.3. The molecule has 4 aliphatic rings. The van der Waals surface area contributed by atoms with Crippen LogP contribution in [0.4, 0.5) is 0 Å². The molecule has 0 bridgehead atoms. The summed E-state index contributed by atoms with van der Waals surface area (Å²) < 4.78 is 26.4. The van der Waals surface area contributed by atoms with Crippen molar-refractivity contribution >= 4 is 33.4 Å². The van der Waals surface area contributed by atoms with Gasteiger partial charge in [-0.15, -0.1) is 0 Å². The summed E-state index contributed by atoms with van der Waals surface area (Å²) in [5, 5.41) is 9.94. The number of nitrogens with zero attached hydrogens (tertiary/aromatic N) is 6. The number of amides is 2. The number of rotatable bonds is 15. The first-order chi connectivity index (χ1) is 31.4. The molecule has 6 aromatic rings. The number of ether oxygens (including phenoxy) is 4. The van der Waals surface area contributed by atoms with Crippen molar-refractivity contribution in [2.24, 2.45) is 11.5 Å². The van der Waals surface area contributed by atoms with Crippen molar-refractivity contribution in [1.82, 2.24) is 29.4 Å². The van der Waals surface area contributed by atoms with E-state index in [2.05, 4.69) is 36.4 Å². The van der Waals surface area contributed by atoms with Gasteiger partial charge in [0.25, 0.3) is 0 Å². The highest BCUT2D eigenvalue weighted by Crippen LogP contribution is 2.40. The Labute approximate surface area is 379 Å². The Morgan fingerprint density at radius 3 is 1.42 bits per heavy atom. The summed E-state index contributed by atoms with van der Waals surface area (Å²) in [7, 11) is 2.96. The van der Waals surface area contributed by atoms with Gasteiger partial charge in [-0.25, -0.2) is 0 Å². The van der Waals surface area contributed by atoms with Crippen LogP contribution in [0.5, 0.6) is 23.0 Å². The zero-order valence-electron chi connectivity index (χ0n) is 35.3. The van der Waals surface area contributed by atoms with E-state index in [0.29, 0.717) is 49.2 Å². The average molecular weight is 899 g/mol. The number of nitrogens with two attached hydrogens (primary N) is 2. The van der Waals surface area contributed by atoms with Gasteiger partial charge in [0.2, 0.25) is 25.4 Å². The molecular formula is C48H50N8O6S2. The molecule has 6 heterocycles. The van der Waals surface area contributed by atoms with E-state index in [9.17, 15) is 9.59 Å². The fourth-order valence-corrected chi connectivity index (χ4v) is 11.3. The van der Waals surface area contributed by atoms with Gasteiger partial charge in [0, 0.05) is 35.7 Å². The number of aromatic nitrogens is 4. The molecule has 2 amide bonds. The van der Waals surface area contributed by atoms with Crippen LogP contribution in [0.2, 0.25) is 0 Å². The van der Waals surface area contributed by atoms with Gasteiger partial charge in [-0.1, -0.05) is 82.3 Å². The monoisotopic (exact) mass is 898 g/mol. The fraction of sp³-hybridized carbons (Fsp3) is 0.333. The lowest BCUT2D eigenvalue weighted by molar-refractivity contribution is -0.136. The average Bonchev–Trinajstić information content (AvgIpc) is 4.17. The second-order valence-corrected chi connectivity index (χ2v) is 19.0. The number of benzene rings is 4. The largest absolute Gasteiger partial charge is 0.454 e. The number of hydrogen-bond donors (Lipinski definition) is 2. The molecule has 0 saturated carbocycles. The molecule has 0 radical (unpaired) electrons. The Kier molecular flexibility index (Phi) is 12.2. The van der Waals surface area contributed by atoms with Gasteiger partial charge in [-0.05, 0) is 85.3 Å². The molecule has 10 rings (SSSR count). The lowest BCUT2D eigenvalue weighted by atomic mass is 9.98. The third-order valence-electron chi connectivity index (χ3n) is 12.4. The van der Waals surface area contributed by atoms with Crippen molar-refractivity contribution in [3.63, 3.8) is 0 Å². The van der Waals surface area contributed by atoms with E-state index in [4.69, 9.17) is 40.6 Å². The minimum Gasteiger partial charge on any atom is -0.454 e. The summed E-state index contributed by atoms with van der Waals surface area (Å²) in [6, 6.07) is 34.6. The summed E-state index contributed by atoms with van der Waals surface area (Å²) >= 11 is 0. The van der Waals surface area contributed by atoms with Crippen LogP contribution in [0.3, 0.4) is 0 Å². The van der Waals surface area contributed by atoms with Crippen LogP contribution in [0.1, 0.15) is 47.4 Å². The summed E-state index contributed by atoms with van der Waals surface area (Å²) in [5.74, 6) is 3.38. The number of hydrogen-bond acceptors (Lipinski definition) is 12. The van der Waals surface area contributed by atoms with Crippen molar-refractivity contribution in [3.8, 4) is 45.5 Å². The van der Waals surface area contributed by atoms with E-state index in [0.717, 1.165) is 71.1 Å². The van der Waals surface area contributed by atoms with Gasteiger partial charge >= 0.3 is 0 Å². The maximum Gasteiger partial charge on any atom is 0.241 e. The van der Waals surface area contributed by atoms with E-state index in [1.165, 1.54) is 32.7 Å². The zero-order valence-corrected chi connectivity index (χ0v) is 36.9. The van der Waals surface area contributed by atoms with Crippen LogP contribution in [0.25, 0.3) is 22.5 Å². The number of carbonyl (C=O) groups is 2. The number of aryl methyl sites for hydroxylation is 2. The van der Waals surface area contributed by atoms with Gasteiger partial charge in [0.15, 0.2) is 23.0 Å². The van der Waals surface area contributed by atoms with Crippen molar-refractivity contribution < 1.29 is 28.5 Å². The van der Waals surface area contributed by atoms with Gasteiger partial charge in [-0.3, -0.25) is 19.0 Å². The van der Waals surface area contributed by atoms with Crippen LogP contribution in [0, 0.1) is 0 Å². The molecule has 3 unspecified atom stereocenters. The lowest BCUT2D eigenvalue weighted by Crippen LogP contribution is -2.50. The molecule has 14 nitrogen and oxygen atoms in total. The third-order valence-corrected chi connectivity index (χ3v) is 14.9. The third kappa shape index (κ3) is 8.79. The predicted molar refractivity (Wildman–Crippen MR) is 247 cm³/mol. The van der Waals surface area contributed by atoms with Crippen LogP contribution in [0.15, 0.2) is 109 Å². The highest BCUT2D eigenvalue weighted by atomic mass is 33.1. The van der Waals surface area contributed by atoms with Crippen LogP contribution < -0.4 is 30.4 Å². The van der Waals surface area contributed by atoms with Crippen molar-refractivity contribution in [1.29, 1.82) is 0 Å². The predicted octanol–water partition coefficient (Wildman–Crippen LogP) is 6.64. The van der Waals surface area contributed by atoms with E-state index in [1.807, 2.05) is 92.0 Å². The van der Waals surface area contributed by atoms with Crippen molar-refractivity contribution in [2.75, 3.05) is 38.2 Å². The van der Waals surface area contributed by atoms with Crippen LogP contribution in [-0.2, 0) is 35.5 Å². The Balaban J connectivity index is 0.786. The SMILES string of the molecule is NC(CSSC[C@H](N)C(=O)N1CCn2nc(-c3ccc4c(c3)OCO4)cc2C1CCc1ccccc1)C(=O)N1CCn2nc(-c3ccc4c(c3)OCO4)cc2C1CCc1ccccc1. The first kappa shape index (κ1) is 42.0. The van der Waals surface area contributed by atoms with Gasteiger partial charge in [0.1, 0.15) is 0 Å². The molecule has 330 valence electrons. The first-order valence-corrected chi connectivity index (χ1v) is 24.2. The van der Waals surface area contributed by atoms with E-state index in [-0.39, 0.29) is 37.5 Å². The normalized spacial score (nSPS) is 18.1. The molecule has 4 atom stereocenters. The lowest BCUT2D eigenvalue weighted by Gasteiger charge is -2.38. The topological polar surface area (TPSA) is 165 Å². The highest BCUT2D eigenvalue weighted by molar-refractivity contribution is 8.76. The zero-order chi connectivity index (χ0) is 43.6. The second-order valence-electron chi connectivity index (χ2n) is 16.4. The highest BCUT2D eigenvalue weighted by Gasteiger charge is 2.37. The second kappa shape index (κ2) is 18.6. The Morgan fingerprint density at radius 1 is 0.562 bits per heavy atom. The molecule has 2 aromatic heterocycles. The summed E-state index contributed by atoms with van der Waals surface area (Å²) in [5.41, 5.74) is 21.2. The van der Waals surface area contributed by atoms with Gasteiger partial charge < -0.3 is 40.2 Å². The van der Waals surface area contributed by atoms with Crippen molar-refractivity contribution in [3.05, 3.63) is 132 Å². The summed E-state index contributed by atoms with van der Waals surface area (Å²) in [6.45, 7) is 2.51. The molecule has 4 aliphatic heterocycles. The molecule has 0 aliphatic carbocycles. The Bertz CT molecular complexity index is 2450. The molecule has 0 spiro atoms. The smallest absolute Gasteiger partial charge is 0.241 e. The van der Waals surface area contributed by atoms with Gasteiger partial charge in [0.05, 0.1) is 60.0 Å². The maximum absolute atomic E-state index is 14.2. The van der Waals surface area contributed by atoms with Crippen LogP contribution >= 0.6 is 21.6 Å². The Hall–Kier alpha value is -5.94. The molecular weight excluding hydrogens is 849 g/mol. The van der Waals surface area contributed by atoms with E-state index < -0.39 is 12.1 Å². The molecule has 16 heteroatoms. The minimum absolute atomic E-state index is 0.102. The molecule has 0 saturated heterocycles. The van der Waals surface area contributed by atoms with E-state index in [1.54, 1.807) is 0 Å². The number of fused-ring (bicyclic) bond motifs is 4. The minimum atomic E-state index is -0.741. The van der Waals surface area contributed by atoms with Gasteiger partial charge in [-0.2, -0.15) is 10.2 Å². The molecule has 64 heavy (non-hydrogen) atoms. The van der Waals surface area contributed by atoms with Crippen molar-refractivity contribution in [2.45, 2.75) is 62.9 Å². The first-order valence-electron chi connectivity index (χ1n) is 21.8.